The van der Waals surface area contributed by atoms with Crippen molar-refractivity contribution < 1.29 is 9.53 Å². The van der Waals surface area contributed by atoms with E-state index in [-0.39, 0.29) is 11.9 Å². The van der Waals surface area contributed by atoms with E-state index in [2.05, 4.69) is 29.6 Å². The van der Waals surface area contributed by atoms with Gasteiger partial charge in [-0.3, -0.25) is 4.79 Å². The van der Waals surface area contributed by atoms with Crippen molar-refractivity contribution in [1.82, 2.24) is 5.32 Å². The third kappa shape index (κ3) is 4.64. The van der Waals surface area contributed by atoms with Gasteiger partial charge < -0.3 is 10.1 Å². The molecular formula is C17H25NO2. The second kappa shape index (κ2) is 8.05. The van der Waals surface area contributed by atoms with E-state index in [9.17, 15) is 4.79 Å². The summed E-state index contributed by atoms with van der Waals surface area (Å²) in [6.07, 6.45) is 4.23. The summed E-state index contributed by atoms with van der Waals surface area (Å²) in [5.74, 6) is 0.841. The molecule has 110 valence electrons. The van der Waals surface area contributed by atoms with Gasteiger partial charge in [0.25, 0.3) is 0 Å². The van der Waals surface area contributed by atoms with E-state index in [1.54, 1.807) is 0 Å². The fraction of sp³-hybridized carbons (Fsp3) is 0.588. The van der Waals surface area contributed by atoms with Crippen LogP contribution in [0.25, 0.3) is 0 Å². The van der Waals surface area contributed by atoms with Crippen LogP contribution in [-0.4, -0.2) is 19.1 Å². The van der Waals surface area contributed by atoms with E-state index in [4.69, 9.17) is 4.74 Å². The minimum atomic E-state index is 0.00296. The first kappa shape index (κ1) is 15.0. The number of hydrogen-bond acceptors (Lipinski definition) is 3. The lowest BCUT2D eigenvalue weighted by Crippen LogP contribution is -2.29. The van der Waals surface area contributed by atoms with Crippen molar-refractivity contribution in [2.45, 2.75) is 39.2 Å². The summed E-state index contributed by atoms with van der Waals surface area (Å²) < 4.78 is 5.10. The largest absolute Gasteiger partial charge is 0.466 e. The number of rotatable bonds is 6. The number of benzene rings is 1. The lowest BCUT2D eigenvalue weighted by Gasteiger charge is -2.27. The third-order valence-electron chi connectivity index (χ3n) is 4.07. The van der Waals surface area contributed by atoms with Crippen molar-refractivity contribution in [1.29, 1.82) is 0 Å². The maximum Gasteiger partial charge on any atom is 0.308 e. The molecule has 0 atom stereocenters. The lowest BCUT2D eigenvalue weighted by molar-refractivity contribution is -0.149. The van der Waals surface area contributed by atoms with Crippen LogP contribution >= 0.6 is 0 Å². The van der Waals surface area contributed by atoms with E-state index in [1.165, 1.54) is 5.56 Å². The molecule has 0 radical (unpaired) electrons. The number of nitrogens with one attached hydrogen (secondary N) is 1. The highest BCUT2D eigenvalue weighted by Crippen LogP contribution is 2.29. The Bertz CT molecular complexity index is 397. The molecular weight excluding hydrogens is 250 g/mol. The summed E-state index contributed by atoms with van der Waals surface area (Å²) in [4.78, 5) is 11.7. The lowest BCUT2D eigenvalue weighted by atomic mass is 9.82. The standard InChI is InChI=1S/C17H25NO2/c1-2-20-17(19)16-10-8-15(9-11-16)13-18-12-14-6-4-3-5-7-14/h3-7,15-16,18H,2,8-13H2,1H3. The summed E-state index contributed by atoms with van der Waals surface area (Å²) >= 11 is 0. The fourth-order valence-corrected chi connectivity index (χ4v) is 2.88. The molecule has 1 saturated carbocycles. The summed E-state index contributed by atoms with van der Waals surface area (Å²) in [6, 6.07) is 10.5. The normalized spacial score (nSPS) is 22.4. The molecule has 0 heterocycles. The van der Waals surface area contributed by atoms with Gasteiger partial charge >= 0.3 is 5.97 Å². The van der Waals surface area contributed by atoms with E-state index in [1.807, 2.05) is 13.0 Å². The Morgan fingerprint density at radius 3 is 2.55 bits per heavy atom. The maximum atomic E-state index is 11.7. The quantitative estimate of drug-likeness (QED) is 0.811. The molecule has 0 unspecified atom stereocenters. The Morgan fingerprint density at radius 1 is 1.20 bits per heavy atom. The van der Waals surface area contributed by atoms with Crippen molar-refractivity contribution in [3.63, 3.8) is 0 Å². The fourth-order valence-electron chi connectivity index (χ4n) is 2.88. The van der Waals surface area contributed by atoms with Gasteiger partial charge in [0.2, 0.25) is 0 Å². The van der Waals surface area contributed by atoms with Gasteiger partial charge in [0.1, 0.15) is 0 Å². The molecule has 0 spiro atoms. The second-order valence-electron chi connectivity index (χ2n) is 5.59. The van der Waals surface area contributed by atoms with Crippen molar-refractivity contribution in [2.24, 2.45) is 11.8 Å². The predicted molar refractivity (Wildman–Crippen MR) is 80.2 cm³/mol. The zero-order valence-electron chi connectivity index (χ0n) is 12.3. The Hall–Kier alpha value is -1.35. The Kier molecular flexibility index (Phi) is 6.06. The molecule has 0 aliphatic heterocycles. The number of esters is 1. The topological polar surface area (TPSA) is 38.3 Å². The summed E-state index contributed by atoms with van der Waals surface area (Å²) in [5.41, 5.74) is 1.33. The van der Waals surface area contributed by atoms with Crippen molar-refractivity contribution in [2.75, 3.05) is 13.2 Å². The first-order chi connectivity index (χ1) is 9.79. The van der Waals surface area contributed by atoms with E-state index < -0.39 is 0 Å². The smallest absolute Gasteiger partial charge is 0.308 e. The highest BCUT2D eigenvalue weighted by atomic mass is 16.5. The molecule has 1 aliphatic rings. The van der Waals surface area contributed by atoms with Crippen LogP contribution in [-0.2, 0) is 16.1 Å². The summed E-state index contributed by atoms with van der Waals surface area (Å²) in [7, 11) is 0. The molecule has 20 heavy (non-hydrogen) atoms. The first-order valence-corrected chi connectivity index (χ1v) is 7.71. The molecule has 1 fully saturated rings. The van der Waals surface area contributed by atoms with Crippen LogP contribution in [0.1, 0.15) is 38.2 Å². The van der Waals surface area contributed by atoms with Crippen LogP contribution in [0.3, 0.4) is 0 Å². The van der Waals surface area contributed by atoms with Gasteiger partial charge in [-0.15, -0.1) is 0 Å². The maximum absolute atomic E-state index is 11.7. The zero-order valence-corrected chi connectivity index (χ0v) is 12.3. The van der Waals surface area contributed by atoms with Gasteiger partial charge in [0, 0.05) is 6.54 Å². The Balaban J connectivity index is 1.63. The van der Waals surface area contributed by atoms with Crippen molar-refractivity contribution in [3.8, 4) is 0 Å². The molecule has 3 nitrogen and oxygen atoms in total. The van der Waals surface area contributed by atoms with Crippen LogP contribution in [0, 0.1) is 11.8 Å². The van der Waals surface area contributed by atoms with Crippen molar-refractivity contribution in [3.05, 3.63) is 35.9 Å². The van der Waals surface area contributed by atoms with Gasteiger partial charge in [-0.2, -0.15) is 0 Å². The third-order valence-corrected chi connectivity index (χ3v) is 4.07. The molecule has 3 heteroatoms. The molecule has 1 aromatic carbocycles. The average molecular weight is 275 g/mol. The molecule has 0 bridgehead atoms. The van der Waals surface area contributed by atoms with Crippen LogP contribution in [0.15, 0.2) is 30.3 Å². The molecule has 2 rings (SSSR count). The van der Waals surface area contributed by atoms with Crippen LogP contribution in [0.4, 0.5) is 0 Å². The number of hydrogen-bond donors (Lipinski definition) is 1. The summed E-state index contributed by atoms with van der Waals surface area (Å²) in [5, 5.41) is 3.52. The van der Waals surface area contributed by atoms with Crippen LogP contribution in [0.2, 0.25) is 0 Å². The van der Waals surface area contributed by atoms with Gasteiger partial charge in [-0.1, -0.05) is 30.3 Å². The van der Waals surface area contributed by atoms with Crippen LogP contribution in [0.5, 0.6) is 0 Å². The molecule has 0 saturated heterocycles. The average Bonchev–Trinajstić information content (AvgIpc) is 2.49. The van der Waals surface area contributed by atoms with Gasteiger partial charge in [-0.25, -0.2) is 0 Å². The van der Waals surface area contributed by atoms with Gasteiger partial charge in [0.05, 0.1) is 12.5 Å². The predicted octanol–water partition coefficient (Wildman–Crippen LogP) is 3.15. The number of carbonyl (C=O) groups excluding carboxylic acids is 1. The minimum Gasteiger partial charge on any atom is -0.466 e. The van der Waals surface area contributed by atoms with Crippen molar-refractivity contribution >= 4 is 5.97 Å². The minimum absolute atomic E-state index is 0.00296. The molecule has 1 aliphatic carbocycles. The highest BCUT2D eigenvalue weighted by molar-refractivity contribution is 5.72. The van der Waals surface area contributed by atoms with Crippen LogP contribution < -0.4 is 5.32 Å². The summed E-state index contributed by atoms with van der Waals surface area (Å²) in [6.45, 7) is 4.34. The zero-order chi connectivity index (χ0) is 14.2. The highest BCUT2D eigenvalue weighted by Gasteiger charge is 2.26. The molecule has 1 aromatic rings. The monoisotopic (exact) mass is 275 g/mol. The molecule has 0 aromatic heterocycles. The van der Waals surface area contributed by atoms with E-state index >= 15 is 0 Å². The SMILES string of the molecule is CCOC(=O)C1CCC(CNCc2ccccc2)CC1. The van der Waals surface area contributed by atoms with E-state index in [0.29, 0.717) is 12.5 Å². The first-order valence-electron chi connectivity index (χ1n) is 7.71. The number of ether oxygens (including phenoxy) is 1. The van der Waals surface area contributed by atoms with Gasteiger partial charge in [0.15, 0.2) is 0 Å². The molecule has 1 N–H and O–H groups in total. The van der Waals surface area contributed by atoms with E-state index in [0.717, 1.165) is 38.8 Å². The number of carbonyl (C=O) groups is 1. The van der Waals surface area contributed by atoms with Gasteiger partial charge in [-0.05, 0) is 50.6 Å². The second-order valence-corrected chi connectivity index (χ2v) is 5.59. The molecule has 0 amide bonds. The Morgan fingerprint density at radius 2 is 1.90 bits per heavy atom. The Labute approximate surface area is 121 Å².